The quantitative estimate of drug-likeness (QED) is 0.615. The van der Waals surface area contributed by atoms with Crippen LogP contribution in [0, 0.1) is 0 Å². The van der Waals surface area contributed by atoms with Crippen LogP contribution < -0.4 is 5.32 Å². The maximum Gasteiger partial charge on any atom is 0.305 e. The summed E-state index contributed by atoms with van der Waals surface area (Å²) >= 11 is 1.83. The van der Waals surface area contributed by atoms with Gasteiger partial charge in [-0.05, 0) is 26.2 Å². The van der Waals surface area contributed by atoms with E-state index in [1.807, 2.05) is 18.7 Å². The zero-order valence-corrected chi connectivity index (χ0v) is 11.9. The Hall–Kier alpha value is -0.710. The highest BCUT2D eigenvalue weighted by molar-refractivity contribution is 8.14. The van der Waals surface area contributed by atoms with Crippen molar-refractivity contribution >= 4 is 22.9 Å². The van der Waals surface area contributed by atoms with Gasteiger partial charge in [-0.1, -0.05) is 24.6 Å². The van der Waals surface area contributed by atoms with Crippen LogP contribution in [0.5, 0.6) is 0 Å². The molecule has 5 heteroatoms. The summed E-state index contributed by atoms with van der Waals surface area (Å²) in [7, 11) is 0. The van der Waals surface area contributed by atoms with Crippen molar-refractivity contribution in [3.05, 3.63) is 0 Å². The molecule has 0 aromatic heterocycles. The lowest BCUT2D eigenvalue weighted by molar-refractivity contribution is -0.143. The van der Waals surface area contributed by atoms with Gasteiger partial charge in [0.25, 0.3) is 0 Å². The van der Waals surface area contributed by atoms with Crippen molar-refractivity contribution in [1.29, 1.82) is 0 Å². The van der Waals surface area contributed by atoms with Crippen LogP contribution in [-0.2, 0) is 9.53 Å². The van der Waals surface area contributed by atoms with E-state index < -0.39 is 0 Å². The average molecular weight is 270 g/mol. The number of aliphatic imine (C=N–C) groups is 1. The van der Waals surface area contributed by atoms with Gasteiger partial charge in [-0.3, -0.25) is 9.79 Å². The Kier molecular flexibility index (Phi) is 4.92. The molecule has 1 aliphatic heterocycles. The molecule has 1 aliphatic carbocycles. The van der Waals surface area contributed by atoms with Crippen molar-refractivity contribution in [1.82, 2.24) is 5.32 Å². The highest BCUT2D eigenvalue weighted by Crippen LogP contribution is 2.37. The molecule has 0 aromatic rings. The lowest BCUT2D eigenvalue weighted by atomic mass is 10.0. The van der Waals surface area contributed by atoms with Gasteiger partial charge in [0.1, 0.15) is 0 Å². The summed E-state index contributed by atoms with van der Waals surface area (Å²) in [4.78, 5) is 15.7. The first kappa shape index (κ1) is 13.7. The number of ether oxygens (including phenoxy) is 1. The van der Waals surface area contributed by atoms with Crippen molar-refractivity contribution in [3.8, 4) is 0 Å². The largest absolute Gasteiger partial charge is 0.466 e. The number of esters is 1. The molecule has 0 aromatic carbocycles. The van der Waals surface area contributed by atoms with E-state index in [1.54, 1.807) is 0 Å². The predicted octanol–water partition coefficient (Wildman–Crippen LogP) is 2.33. The number of hydrogen-bond donors (Lipinski definition) is 1. The van der Waals surface area contributed by atoms with Crippen molar-refractivity contribution in [3.63, 3.8) is 0 Å². The van der Waals surface area contributed by atoms with Gasteiger partial charge >= 0.3 is 5.97 Å². The summed E-state index contributed by atoms with van der Waals surface area (Å²) in [6.07, 6.45) is 6.48. The molecule has 1 saturated carbocycles. The van der Waals surface area contributed by atoms with Crippen molar-refractivity contribution in [2.24, 2.45) is 4.99 Å². The van der Waals surface area contributed by atoms with Crippen molar-refractivity contribution < 1.29 is 9.53 Å². The normalized spacial score (nSPS) is 23.5. The second-order valence-electron chi connectivity index (χ2n) is 5.00. The summed E-state index contributed by atoms with van der Waals surface area (Å²) in [5.74, 6) is 1.04. The molecule has 0 atom stereocenters. The fourth-order valence-corrected chi connectivity index (χ4v) is 3.79. The summed E-state index contributed by atoms with van der Waals surface area (Å²) in [5, 5.41) is 4.65. The van der Waals surface area contributed by atoms with E-state index in [4.69, 9.17) is 4.74 Å². The molecule has 2 aliphatic rings. The molecule has 1 saturated heterocycles. The van der Waals surface area contributed by atoms with E-state index in [1.165, 1.54) is 25.7 Å². The van der Waals surface area contributed by atoms with E-state index in [0.29, 0.717) is 25.1 Å². The zero-order chi connectivity index (χ0) is 12.8. The maximum absolute atomic E-state index is 11.2. The van der Waals surface area contributed by atoms with Gasteiger partial charge in [0.2, 0.25) is 0 Å². The van der Waals surface area contributed by atoms with E-state index in [-0.39, 0.29) is 5.97 Å². The molecule has 4 nitrogen and oxygen atoms in total. The number of hydrogen-bond acceptors (Lipinski definition) is 4. The fourth-order valence-electron chi connectivity index (χ4n) is 2.55. The Bertz CT molecular complexity index is 325. The van der Waals surface area contributed by atoms with Gasteiger partial charge in [0.15, 0.2) is 5.17 Å². The zero-order valence-electron chi connectivity index (χ0n) is 11.0. The van der Waals surface area contributed by atoms with Crippen LogP contribution in [0.3, 0.4) is 0 Å². The molecule has 2 rings (SSSR count). The van der Waals surface area contributed by atoms with Crippen LogP contribution in [0.1, 0.15) is 45.4 Å². The van der Waals surface area contributed by atoms with E-state index >= 15 is 0 Å². The molecule has 0 amide bonds. The van der Waals surface area contributed by atoms with Crippen LogP contribution >= 0.6 is 11.8 Å². The Morgan fingerprint density at radius 3 is 3.00 bits per heavy atom. The van der Waals surface area contributed by atoms with Crippen LogP contribution in [0.15, 0.2) is 4.99 Å². The third-order valence-electron chi connectivity index (χ3n) is 3.52. The van der Waals surface area contributed by atoms with E-state index in [0.717, 1.165) is 17.3 Å². The Balaban J connectivity index is 1.67. The Morgan fingerprint density at radius 1 is 1.50 bits per heavy atom. The van der Waals surface area contributed by atoms with Crippen LogP contribution in [0.2, 0.25) is 0 Å². The monoisotopic (exact) mass is 270 g/mol. The number of amidine groups is 1. The van der Waals surface area contributed by atoms with Crippen LogP contribution in [0.4, 0.5) is 0 Å². The van der Waals surface area contributed by atoms with E-state index in [9.17, 15) is 4.79 Å². The van der Waals surface area contributed by atoms with Gasteiger partial charge < -0.3 is 10.1 Å². The fraction of sp³-hybridized carbons (Fsp3) is 0.846. The lowest BCUT2D eigenvalue weighted by Gasteiger charge is -2.21. The third-order valence-corrected chi connectivity index (χ3v) is 4.72. The molecule has 102 valence electrons. The first-order valence-electron chi connectivity index (χ1n) is 6.85. The number of nitrogens with one attached hydrogen (secondary N) is 1. The summed E-state index contributed by atoms with van der Waals surface area (Å²) < 4.78 is 4.88. The standard InChI is InChI=1S/C13H22N2O2S/c1-2-17-11(16)6-5-9-14-12-15-13(10-18-12)7-3-4-8-13/h2-10H2,1H3,(H,14,15). The summed E-state index contributed by atoms with van der Waals surface area (Å²) in [6.45, 7) is 3.01. The minimum atomic E-state index is -0.114. The van der Waals surface area contributed by atoms with Crippen LogP contribution in [-0.4, -0.2) is 35.6 Å². The van der Waals surface area contributed by atoms with Crippen LogP contribution in [0.25, 0.3) is 0 Å². The first-order chi connectivity index (χ1) is 8.74. The molecule has 0 unspecified atom stereocenters. The van der Waals surface area contributed by atoms with Gasteiger partial charge in [0.05, 0.1) is 6.61 Å². The number of carbonyl (C=O) groups is 1. The smallest absolute Gasteiger partial charge is 0.305 e. The van der Waals surface area contributed by atoms with Gasteiger partial charge in [-0.2, -0.15) is 0 Å². The highest BCUT2D eigenvalue weighted by Gasteiger charge is 2.39. The minimum absolute atomic E-state index is 0.114. The number of rotatable bonds is 5. The van der Waals surface area contributed by atoms with Crippen molar-refractivity contribution in [2.45, 2.75) is 51.0 Å². The second kappa shape index (κ2) is 6.45. The van der Waals surface area contributed by atoms with Gasteiger partial charge in [-0.25, -0.2) is 0 Å². The number of nitrogens with zero attached hydrogens (tertiary/aromatic N) is 1. The molecule has 0 bridgehead atoms. The summed E-state index contributed by atoms with van der Waals surface area (Å²) in [5.41, 5.74) is 0.338. The molecule has 18 heavy (non-hydrogen) atoms. The van der Waals surface area contributed by atoms with E-state index in [2.05, 4.69) is 10.3 Å². The third kappa shape index (κ3) is 3.64. The SMILES string of the molecule is CCOC(=O)CCCN=C1NC2(CCCC2)CS1. The molecular formula is C13H22N2O2S. The summed E-state index contributed by atoms with van der Waals surface area (Å²) in [6, 6.07) is 0. The molecule has 1 spiro atoms. The lowest BCUT2D eigenvalue weighted by Crippen LogP contribution is -2.40. The molecule has 1 heterocycles. The molecule has 2 fully saturated rings. The van der Waals surface area contributed by atoms with Gasteiger partial charge in [0, 0.05) is 24.3 Å². The topological polar surface area (TPSA) is 50.7 Å². The van der Waals surface area contributed by atoms with Gasteiger partial charge in [-0.15, -0.1) is 0 Å². The Labute approximate surface area is 113 Å². The minimum Gasteiger partial charge on any atom is -0.466 e. The average Bonchev–Trinajstić information content (AvgIpc) is 2.97. The predicted molar refractivity (Wildman–Crippen MR) is 75.0 cm³/mol. The molecular weight excluding hydrogens is 248 g/mol. The molecule has 1 N–H and O–H groups in total. The maximum atomic E-state index is 11.2. The highest BCUT2D eigenvalue weighted by atomic mass is 32.2. The second-order valence-corrected chi connectivity index (χ2v) is 5.96. The first-order valence-corrected chi connectivity index (χ1v) is 7.84. The number of thioether (sulfide) groups is 1. The Morgan fingerprint density at radius 2 is 2.28 bits per heavy atom. The molecule has 0 radical (unpaired) electrons. The van der Waals surface area contributed by atoms with Crippen molar-refractivity contribution in [2.75, 3.05) is 18.9 Å². The number of carbonyl (C=O) groups excluding carboxylic acids is 1.